The summed E-state index contributed by atoms with van der Waals surface area (Å²) in [7, 11) is 0. The van der Waals surface area contributed by atoms with Gasteiger partial charge in [0.2, 0.25) is 0 Å². The van der Waals surface area contributed by atoms with Gasteiger partial charge in [0.1, 0.15) is 10.7 Å². The van der Waals surface area contributed by atoms with Crippen molar-refractivity contribution in [1.82, 2.24) is 14.5 Å². The monoisotopic (exact) mass is 401 g/mol. The van der Waals surface area contributed by atoms with E-state index < -0.39 is 0 Å². The quantitative estimate of drug-likeness (QED) is 0.605. The zero-order valence-corrected chi connectivity index (χ0v) is 17.4. The Morgan fingerprint density at radius 2 is 1.93 bits per heavy atom. The molecule has 2 heterocycles. The van der Waals surface area contributed by atoms with Crippen molar-refractivity contribution in [2.75, 3.05) is 19.6 Å². The van der Waals surface area contributed by atoms with Crippen molar-refractivity contribution in [3.8, 4) is 11.4 Å². The summed E-state index contributed by atoms with van der Waals surface area (Å²) >= 11 is 7.76. The molecule has 0 spiro atoms. The van der Waals surface area contributed by atoms with E-state index in [1.807, 2.05) is 28.8 Å². The normalized spacial score (nSPS) is 13.6. The van der Waals surface area contributed by atoms with Gasteiger partial charge in [0.25, 0.3) is 5.56 Å². The third-order valence-corrected chi connectivity index (χ3v) is 6.90. The molecule has 0 unspecified atom stereocenters. The van der Waals surface area contributed by atoms with Crippen LogP contribution in [0.3, 0.4) is 0 Å². The van der Waals surface area contributed by atoms with Crippen LogP contribution >= 0.6 is 22.9 Å². The molecule has 1 aliphatic rings. The van der Waals surface area contributed by atoms with Gasteiger partial charge in [0, 0.05) is 28.6 Å². The van der Waals surface area contributed by atoms with Crippen LogP contribution in [0.15, 0.2) is 29.1 Å². The Hall–Kier alpha value is -1.69. The molecule has 0 saturated heterocycles. The van der Waals surface area contributed by atoms with E-state index in [2.05, 4.69) is 18.7 Å². The van der Waals surface area contributed by atoms with Gasteiger partial charge >= 0.3 is 0 Å². The van der Waals surface area contributed by atoms with E-state index >= 15 is 0 Å². The molecule has 0 saturated carbocycles. The number of thiophene rings is 1. The second-order valence-corrected chi connectivity index (χ2v) is 8.48. The second kappa shape index (κ2) is 7.74. The molecule has 2 aromatic heterocycles. The number of likely N-dealkylation sites (N-methyl/N-ethyl adjacent to an activating group) is 1. The molecule has 0 aliphatic heterocycles. The highest BCUT2D eigenvalue weighted by atomic mass is 35.5. The maximum Gasteiger partial charge on any atom is 0.262 e. The largest absolute Gasteiger partial charge is 0.302 e. The Balaban J connectivity index is 1.87. The lowest BCUT2D eigenvalue weighted by Crippen LogP contribution is -2.32. The van der Waals surface area contributed by atoms with Crippen molar-refractivity contribution in [2.24, 2.45) is 0 Å². The molecule has 0 fully saturated rings. The number of benzene rings is 1. The Morgan fingerprint density at radius 3 is 2.63 bits per heavy atom. The third-order valence-electron chi connectivity index (χ3n) is 5.46. The molecule has 1 aliphatic carbocycles. The molecule has 0 radical (unpaired) electrons. The van der Waals surface area contributed by atoms with Crippen LogP contribution in [0.25, 0.3) is 21.6 Å². The van der Waals surface area contributed by atoms with Gasteiger partial charge in [0.15, 0.2) is 0 Å². The number of rotatable bonds is 6. The number of hydrogen-bond acceptors (Lipinski definition) is 4. The average Bonchev–Trinajstić information content (AvgIpc) is 3.25. The van der Waals surface area contributed by atoms with Gasteiger partial charge in [-0.2, -0.15) is 0 Å². The molecular weight excluding hydrogens is 378 g/mol. The maximum atomic E-state index is 13.5. The fraction of sp³-hybridized carbons (Fsp3) is 0.429. The maximum absolute atomic E-state index is 13.5. The molecular formula is C21H24ClN3OS. The van der Waals surface area contributed by atoms with Crippen molar-refractivity contribution < 1.29 is 0 Å². The van der Waals surface area contributed by atoms with Gasteiger partial charge in [-0.3, -0.25) is 9.36 Å². The lowest BCUT2D eigenvalue weighted by molar-refractivity contribution is 0.289. The summed E-state index contributed by atoms with van der Waals surface area (Å²) in [6, 6.07) is 7.61. The number of halogens is 1. The van der Waals surface area contributed by atoms with E-state index in [1.54, 1.807) is 11.3 Å². The van der Waals surface area contributed by atoms with E-state index in [4.69, 9.17) is 16.6 Å². The van der Waals surface area contributed by atoms with Crippen LogP contribution in [-0.2, 0) is 19.4 Å². The Labute approximate surface area is 168 Å². The van der Waals surface area contributed by atoms with E-state index in [0.717, 1.165) is 60.5 Å². The molecule has 3 aromatic rings. The molecule has 27 heavy (non-hydrogen) atoms. The Kier molecular flexibility index (Phi) is 5.35. The number of nitrogens with zero attached hydrogens (tertiary/aromatic N) is 3. The first-order valence-electron chi connectivity index (χ1n) is 9.65. The molecule has 4 rings (SSSR count). The van der Waals surface area contributed by atoms with Crippen molar-refractivity contribution in [3.63, 3.8) is 0 Å². The zero-order valence-electron chi connectivity index (χ0n) is 15.8. The van der Waals surface area contributed by atoms with Gasteiger partial charge in [-0.05, 0) is 62.2 Å². The van der Waals surface area contributed by atoms with Gasteiger partial charge in [-0.1, -0.05) is 25.4 Å². The summed E-state index contributed by atoms with van der Waals surface area (Å²) in [6.45, 7) is 7.74. The number of aromatic nitrogens is 2. The first kappa shape index (κ1) is 18.7. The first-order chi connectivity index (χ1) is 13.1. The number of fused-ring (bicyclic) bond motifs is 3. The van der Waals surface area contributed by atoms with Gasteiger partial charge in [-0.25, -0.2) is 4.98 Å². The molecule has 1 aromatic carbocycles. The predicted molar refractivity (Wildman–Crippen MR) is 114 cm³/mol. The minimum Gasteiger partial charge on any atom is -0.302 e. The fourth-order valence-corrected chi connectivity index (χ4v) is 5.26. The SMILES string of the molecule is CCN(CC)CCn1c(-c2ccc(Cl)cc2)nc2sc3c(c2c1=O)CCC3. The van der Waals surface area contributed by atoms with E-state index in [0.29, 0.717) is 11.6 Å². The lowest BCUT2D eigenvalue weighted by Gasteiger charge is -2.20. The van der Waals surface area contributed by atoms with E-state index in [1.165, 1.54) is 10.4 Å². The van der Waals surface area contributed by atoms with Crippen molar-refractivity contribution in [1.29, 1.82) is 0 Å². The Morgan fingerprint density at radius 1 is 1.19 bits per heavy atom. The molecule has 0 atom stereocenters. The minimum atomic E-state index is 0.108. The van der Waals surface area contributed by atoms with Crippen LogP contribution in [0.5, 0.6) is 0 Å². The smallest absolute Gasteiger partial charge is 0.262 e. The van der Waals surface area contributed by atoms with E-state index in [9.17, 15) is 4.79 Å². The molecule has 0 N–H and O–H groups in total. The van der Waals surface area contributed by atoms with Crippen molar-refractivity contribution >= 4 is 33.2 Å². The van der Waals surface area contributed by atoms with Crippen LogP contribution in [0.1, 0.15) is 30.7 Å². The van der Waals surface area contributed by atoms with Crippen LogP contribution in [0.4, 0.5) is 0 Å². The summed E-state index contributed by atoms with van der Waals surface area (Å²) in [5.74, 6) is 0.747. The highest BCUT2D eigenvalue weighted by molar-refractivity contribution is 7.18. The van der Waals surface area contributed by atoms with E-state index in [-0.39, 0.29) is 5.56 Å². The molecule has 0 bridgehead atoms. The zero-order chi connectivity index (χ0) is 19.0. The average molecular weight is 402 g/mol. The third kappa shape index (κ3) is 3.44. The number of aryl methyl sites for hydroxylation is 2. The van der Waals surface area contributed by atoms with Crippen LogP contribution in [0, 0.1) is 0 Å². The lowest BCUT2D eigenvalue weighted by atomic mass is 10.1. The van der Waals surface area contributed by atoms with Crippen molar-refractivity contribution in [3.05, 3.63) is 50.1 Å². The van der Waals surface area contributed by atoms with Gasteiger partial charge < -0.3 is 4.90 Å². The summed E-state index contributed by atoms with van der Waals surface area (Å²) in [6.07, 6.45) is 3.23. The summed E-state index contributed by atoms with van der Waals surface area (Å²) < 4.78 is 1.87. The molecule has 0 amide bonds. The summed E-state index contributed by atoms with van der Waals surface area (Å²) in [5, 5.41) is 1.54. The minimum absolute atomic E-state index is 0.108. The molecule has 4 nitrogen and oxygen atoms in total. The standard InChI is InChI=1S/C21H24ClN3OS/c1-3-24(4-2)12-13-25-19(14-8-10-15(22)11-9-14)23-20-18(21(25)26)16-6-5-7-17(16)27-20/h8-11H,3-7,12-13H2,1-2H3. The van der Waals surface area contributed by atoms with Crippen molar-refractivity contribution in [2.45, 2.75) is 39.7 Å². The van der Waals surface area contributed by atoms with Crippen LogP contribution < -0.4 is 5.56 Å². The van der Waals surface area contributed by atoms with Crippen LogP contribution in [-0.4, -0.2) is 34.1 Å². The molecule has 6 heteroatoms. The summed E-state index contributed by atoms with van der Waals surface area (Å²) in [5.41, 5.74) is 2.29. The predicted octanol–water partition coefficient (Wildman–Crippen LogP) is 4.61. The highest BCUT2D eigenvalue weighted by Crippen LogP contribution is 2.35. The first-order valence-corrected chi connectivity index (χ1v) is 10.8. The van der Waals surface area contributed by atoms with Gasteiger partial charge in [-0.15, -0.1) is 11.3 Å². The Bertz CT molecular complexity index is 1020. The van der Waals surface area contributed by atoms with Crippen LogP contribution in [0.2, 0.25) is 5.02 Å². The fourth-order valence-electron chi connectivity index (χ4n) is 3.88. The number of hydrogen-bond donors (Lipinski definition) is 0. The topological polar surface area (TPSA) is 38.1 Å². The summed E-state index contributed by atoms with van der Waals surface area (Å²) in [4.78, 5) is 23.0. The van der Waals surface area contributed by atoms with Gasteiger partial charge in [0.05, 0.1) is 5.39 Å². The highest BCUT2D eigenvalue weighted by Gasteiger charge is 2.23. The second-order valence-electron chi connectivity index (χ2n) is 6.96. The molecule has 142 valence electrons.